The minimum atomic E-state index is -3.87. The number of amides is 2. The number of fused-ring (bicyclic) bond motifs is 1. The molecule has 2 amide bonds. The second kappa shape index (κ2) is 9.03. The number of thioether (sulfide) groups is 1. The second-order valence-corrected chi connectivity index (χ2v) is 11.3. The lowest BCUT2D eigenvalue weighted by Crippen LogP contribution is -2.27. The number of halogens is 1. The molecule has 4 aromatic rings. The molecule has 1 saturated heterocycles. The topological polar surface area (TPSA) is 76.5 Å². The average Bonchev–Trinajstić information content (AvgIpc) is 3.34. The minimum Gasteiger partial charge on any atom is -0.268 e. The van der Waals surface area contributed by atoms with E-state index in [4.69, 9.17) is 11.6 Å². The minimum absolute atomic E-state index is 0.0608. The smallest absolute Gasteiger partial charge is 0.268 e. The standard InChI is InChI=1S/C26H19ClN2O4S2/c1-17-10-12-20(13-11-17)35(32,33)29-16-19(21-7-3-5-9-23(21)29)14-24-25(30)28(26(31)34-24)15-18-6-2-4-8-22(18)27/h2-14,16H,15H2,1H3/b24-14-. The van der Waals surface area contributed by atoms with Gasteiger partial charge in [-0.15, -0.1) is 0 Å². The van der Waals surface area contributed by atoms with Crippen LogP contribution >= 0.6 is 23.4 Å². The number of aryl methyl sites for hydroxylation is 1. The lowest BCUT2D eigenvalue weighted by atomic mass is 10.1. The first kappa shape index (κ1) is 23.4. The van der Waals surface area contributed by atoms with Crippen molar-refractivity contribution in [3.8, 4) is 0 Å². The lowest BCUT2D eigenvalue weighted by Gasteiger charge is -2.13. The highest BCUT2D eigenvalue weighted by molar-refractivity contribution is 8.18. The molecule has 0 spiro atoms. The van der Waals surface area contributed by atoms with Crippen LogP contribution in [-0.2, 0) is 21.4 Å². The Labute approximate surface area is 211 Å². The van der Waals surface area contributed by atoms with Crippen molar-refractivity contribution in [2.45, 2.75) is 18.4 Å². The molecule has 1 aromatic heterocycles. The van der Waals surface area contributed by atoms with E-state index in [2.05, 4.69) is 0 Å². The Kier molecular flexibility index (Phi) is 6.04. The van der Waals surface area contributed by atoms with E-state index < -0.39 is 21.2 Å². The molecule has 5 rings (SSSR count). The zero-order valence-corrected chi connectivity index (χ0v) is 20.9. The normalized spacial score (nSPS) is 15.5. The fourth-order valence-corrected chi connectivity index (χ4v) is 6.29. The van der Waals surface area contributed by atoms with Crippen molar-refractivity contribution in [1.29, 1.82) is 0 Å². The average molecular weight is 523 g/mol. The van der Waals surface area contributed by atoms with E-state index in [-0.39, 0.29) is 16.3 Å². The van der Waals surface area contributed by atoms with E-state index in [0.717, 1.165) is 22.2 Å². The third-order valence-electron chi connectivity index (χ3n) is 5.73. The van der Waals surface area contributed by atoms with Crippen LogP contribution in [-0.4, -0.2) is 28.4 Å². The molecule has 0 aliphatic carbocycles. The molecule has 1 aliphatic heterocycles. The highest BCUT2D eigenvalue weighted by Gasteiger charge is 2.35. The fraction of sp³-hybridized carbons (Fsp3) is 0.0769. The number of hydrogen-bond acceptors (Lipinski definition) is 5. The zero-order chi connectivity index (χ0) is 24.7. The maximum Gasteiger partial charge on any atom is 0.293 e. The van der Waals surface area contributed by atoms with Crippen LogP contribution in [0.3, 0.4) is 0 Å². The van der Waals surface area contributed by atoms with Crippen LogP contribution in [0.15, 0.2) is 88.8 Å². The summed E-state index contributed by atoms with van der Waals surface area (Å²) in [6.45, 7) is 1.95. The lowest BCUT2D eigenvalue weighted by molar-refractivity contribution is -0.123. The second-order valence-electron chi connectivity index (χ2n) is 8.07. The molecule has 9 heteroatoms. The predicted molar refractivity (Wildman–Crippen MR) is 139 cm³/mol. The summed E-state index contributed by atoms with van der Waals surface area (Å²) < 4.78 is 28.0. The quantitative estimate of drug-likeness (QED) is 0.297. The van der Waals surface area contributed by atoms with Gasteiger partial charge in [-0.1, -0.05) is 65.7 Å². The maximum absolute atomic E-state index is 13.4. The Morgan fingerprint density at radius 1 is 0.943 bits per heavy atom. The van der Waals surface area contributed by atoms with Crippen molar-refractivity contribution in [2.24, 2.45) is 0 Å². The van der Waals surface area contributed by atoms with Gasteiger partial charge < -0.3 is 0 Å². The summed E-state index contributed by atoms with van der Waals surface area (Å²) in [5.74, 6) is -0.446. The van der Waals surface area contributed by atoms with E-state index >= 15 is 0 Å². The predicted octanol–water partition coefficient (Wildman–Crippen LogP) is 6.08. The van der Waals surface area contributed by atoms with Gasteiger partial charge >= 0.3 is 0 Å². The van der Waals surface area contributed by atoms with E-state index in [0.29, 0.717) is 27.1 Å². The Hall–Kier alpha value is -3.33. The van der Waals surface area contributed by atoms with Gasteiger partial charge in [0.15, 0.2) is 0 Å². The van der Waals surface area contributed by atoms with E-state index in [9.17, 15) is 18.0 Å². The molecule has 35 heavy (non-hydrogen) atoms. The molecule has 0 radical (unpaired) electrons. The molecule has 0 bridgehead atoms. The fourth-order valence-electron chi connectivity index (χ4n) is 3.89. The van der Waals surface area contributed by atoms with E-state index in [1.165, 1.54) is 10.2 Å². The summed E-state index contributed by atoms with van der Waals surface area (Å²) in [5.41, 5.74) is 2.63. The number of carbonyl (C=O) groups excluding carboxylic acids is 2. The van der Waals surface area contributed by atoms with Gasteiger partial charge in [0, 0.05) is 22.2 Å². The number of rotatable bonds is 5. The molecular weight excluding hydrogens is 504 g/mol. The van der Waals surface area contributed by atoms with Gasteiger partial charge in [0.25, 0.3) is 21.2 Å². The molecule has 3 aromatic carbocycles. The van der Waals surface area contributed by atoms with Crippen molar-refractivity contribution < 1.29 is 18.0 Å². The Morgan fingerprint density at radius 3 is 2.37 bits per heavy atom. The third-order valence-corrected chi connectivity index (χ3v) is 8.70. The molecular formula is C26H19ClN2O4S2. The van der Waals surface area contributed by atoms with Gasteiger partial charge in [-0.3, -0.25) is 14.5 Å². The van der Waals surface area contributed by atoms with E-state index in [1.54, 1.807) is 78.9 Å². The van der Waals surface area contributed by atoms with Crippen LogP contribution < -0.4 is 0 Å². The van der Waals surface area contributed by atoms with Gasteiger partial charge in [-0.2, -0.15) is 0 Å². The summed E-state index contributed by atoms with van der Waals surface area (Å²) in [6, 6.07) is 20.7. The maximum atomic E-state index is 13.4. The van der Waals surface area contributed by atoms with Crippen LogP contribution in [0.1, 0.15) is 16.7 Å². The first-order valence-electron chi connectivity index (χ1n) is 10.7. The monoisotopic (exact) mass is 522 g/mol. The molecule has 1 aliphatic rings. The van der Waals surface area contributed by atoms with Crippen LogP contribution in [0, 0.1) is 6.92 Å². The molecule has 0 saturated carbocycles. The Morgan fingerprint density at radius 2 is 1.63 bits per heavy atom. The van der Waals surface area contributed by atoms with Crippen molar-refractivity contribution in [2.75, 3.05) is 0 Å². The number of hydrogen-bond donors (Lipinski definition) is 0. The first-order valence-corrected chi connectivity index (χ1v) is 13.3. The summed E-state index contributed by atoms with van der Waals surface area (Å²) in [4.78, 5) is 27.2. The molecule has 0 N–H and O–H groups in total. The Bertz CT molecular complexity index is 1620. The van der Waals surface area contributed by atoms with Gasteiger partial charge in [-0.05, 0) is 54.6 Å². The van der Waals surface area contributed by atoms with Crippen molar-refractivity contribution >= 4 is 61.5 Å². The van der Waals surface area contributed by atoms with Gasteiger partial charge in [0.05, 0.1) is 21.9 Å². The SMILES string of the molecule is Cc1ccc(S(=O)(=O)n2cc(/C=C3\SC(=O)N(Cc4ccccc4Cl)C3=O)c3ccccc32)cc1. The van der Waals surface area contributed by atoms with Gasteiger partial charge in [0.1, 0.15) is 0 Å². The highest BCUT2D eigenvalue weighted by Crippen LogP contribution is 2.36. The highest BCUT2D eigenvalue weighted by atomic mass is 35.5. The molecule has 176 valence electrons. The van der Waals surface area contributed by atoms with Crippen molar-refractivity contribution in [1.82, 2.24) is 8.87 Å². The Balaban J connectivity index is 1.54. The molecule has 1 fully saturated rings. The number of carbonyl (C=O) groups is 2. The number of aromatic nitrogens is 1. The summed E-state index contributed by atoms with van der Waals surface area (Å²) >= 11 is 7.03. The largest absolute Gasteiger partial charge is 0.293 e. The van der Waals surface area contributed by atoms with Crippen molar-refractivity contribution in [3.05, 3.63) is 106 Å². The van der Waals surface area contributed by atoms with Crippen molar-refractivity contribution in [3.63, 3.8) is 0 Å². The molecule has 0 atom stereocenters. The summed E-state index contributed by atoms with van der Waals surface area (Å²) in [7, 11) is -3.87. The molecule has 2 heterocycles. The molecule has 6 nitrogen and oxygen atoms in total. The molecule has 0 unspecified atom stereocenters. The van der Waals surface area contributed by atoms with Crippen LogP contribution in [0.2, 0.25) is 5.02 Å². The number of benzene rings is 3. The van der Waals surface area contributed by atoms with Crippen LogP contribution in [0.25, 0.3) is 17.0 Å². The zero-order valence-electron chi connectivity index (χ0n) is 18.5. The van der Waals surface area contributed by atoms with Gasteiger partial charge in [0.2, 0.25) is 0 Å². The first-order chi connectivity index (χ1) is 16.8. The number of para-hydroxylation sites is 1. The van der Waals surface area contributed by atoms with Gasteiger partial charge in [-0.25, -0.2) is 12.4 Å². The number of nitrogens with zero attached hydrogens (tertiary/aromatic N) is 2. The van der Waals surface area contributed by atoms with E-state index in [1.807, 2.05) is 6.92 Å². The van der Waals surface area contributed by atoms with Crippen LogP contribution in [0.5, 0.6) is 0 Å². The number of imide groups is 1. The summed E-state index contributed by atoms with van der Waals surface area (Å²) in [6.07, 6.45) is 3.06. The third kappa shape index (κ3) is 4.29. The van der Waals surface area contributed by atoms with Crippen LogP contribution in [0.4, 0.5) is 4.79 Å². The summed E-state index contributed by atoms with van der Waals surface area (Å²) in [5, 5.41) is 0.721.